The molecule has 2 aliphatic rings. The molecule has 2 aromatic carbocycles. The average Bonchev–Trinajstić information content (AvgIpc) is 3.19. The van der Waals surface area contributed by atoms with Gasteiger partial charge in [-0.15, -0.1) is 0 Å². The Balaban J connectivity index is 1.90. The van der Waals surface area contributed by atoms with Gasteiger partial charge in [-0.2, -0.15) is 10.2 Å². The molecule has 0 spiro atoms. The van der Waals surface area contributed by atoms with Gasteiger partial charge in [0.1, 0.15) is 5.54 Å². The molecule has 1 heterocycles. The van der Waals surface area contributed by atoms with Crippen molar-refractivity contribution in [2.75, 3.05) is 10.5 Å². The van der Waals surface area contributed by atoms with Crippen LogP contribution in [0.4, 0.5) is 11.4 Å². The van der Waals surface area contributed by atoms with Crippen molar-refractivity contribution in [2.24, 2.45) is 16.1 Å². The highest BCUT2D eigenvalue weighted by Crippen LogP contribution is 2.65. The minimum Gasteiger partial charge on any atom is -0.733 e. The zero-order valence-corrected chi connectivity index (χ0v) is 13.4. The highest BCUT2D eigenvalue weighted by Gasteiger charge is 2.67. The van der Waals surface area contributed by atoms with Crippen molar-refractivity contribution in [3.8, 4) is 0 Å². The summed E-state index contributed by atoms with van der Waals surface area (Å²) in [5, 5.41) is 49.6. The Morgan fingerprint density at radius 3 is 1.84 bits per heavy atom. The third-order valence-corrected chi connectivity index (χ3v) is 5.16. The molecule has 8 nitrogen and oxygen atoms in total. The largest absolute Gasteiger partial charge is 0.733 e. The van der Waals surface area contributed by atoms with E-state index in [1.54, 1.807) is 24.3 Å². The molecule has 0 saturated heterocycles. The van der Waals surface area contributed by atoms with Gasteiger partial charge in [-0.25, -0.2) is 0 Å². The highest BCUT2D eigenvalue weighted by atomic mass is 16.8. The quantitative estimate of drug-likeness (QED) is 0.822. The van der Waals surface area contributed by atoms with E-state index in [1.807, 2.05) is 19.1 Å². The lowest BCUT2D eigenvalue weighted by Gasteiger charge is -2.31. The molecular weight excluding hydrogens is 324 g/mol. The third-order valence-electron chi connectivity index (χ3n) is 5.16. The Morgan fingerprint density at radius 1 is 0.960 bits per heavy atom. The second-order valence-corrected chi connectivity index (χ2v) is 6.73. The van der Waals surface area contributed by atoms with E-state index in [0.717, 1.165) is 6.42 Å². The summed E-state index contributed by atoms with van der Waals surface area (Å²) in [4.78, 5) is 0. The van der Waals surface area contributed by atoms with Crippen molar-refractivity contribution in [3.05, 3.63) is 70.1 Å². The summed E-state index contributed by atoms with van der Waals surface area (Å²) in [5.74, 6) is 0.0723. The molecule has 25 heavy (non-hydrogen) atoms. The molecule has 1 saturated carbocycles. The van der Waals surface area contributed by atoms with Gasteiger partial charge >= 0.3 is 0 Å². The molecule has 0 aromatic heterocycles. The average molecular weight is 340 g/mol. The molecule has 0 amide bonds. The summed E-state index contributed by atoms with van der Waals surface area (Å²) >= 11 is 0. The first-order valence-electron chi connectivity index (χ1n) is 7.84. The van der Waals surface area contributed by atoms with Crippen molar-refractivity contribution in [1.29, 1.82) is 0 Å². The summed E-state index contributed by atoms with van der Waals surface area (Å²) in [5.41, 5.74) is 0.422. The predicted octanol–water partition coefficient (Wildman–Crippen LogP) is 3.56. The number of fused-ring (bicyclic) bond motifs is 1. The van der Waals surface area contributed by atoms with Gasteiger partial charge in [0.05, 0.1) is 16.9 Å². The predicted molar refractivity (Wildman–Crippen MR) is 90.3 cm³/mol. The number of azo groups is 1. The Labute approximate surface area is 143 Å². The lowest BCUT2D eigenvalue weighted by Crippen LogP contribution is -2.28. The fourth-order valence-corrected chi connectivity index (χ4v) is 3.73. The lowest BCUT2D eigenvalue weighted by atomic mass is 9.78. The van der Waals surface area contributed by atoms with Crippen LogP contribution in [0.2, 0.25) is 0 Å². The van der Waals surface area contributed by atoms with Crippen molar-refractivity contribution in [1.82, 2.24) is 0 Å². The summed E-state index contributed by atoms with van der Waals surface area (Å²) in [6, 6.07) is 13.1. The maximum Gasteiger partial charge on any atom is 0.137 e. The zero-order chi connectivity index (χ0) is 17.8. The van der Waals surface area contributed by atoms with E-state index < -0.39 is 5.54 Å². The maximum atomic E-state index is 11.3. The van der Waals surface area contributed by atoms with E-state index in [0.29, 0.717) is 11.1 Å². The van der Waals surface area contributed by atoms with E-state index >= 15 is 0 Å². The molecule has 2 atom stereocenters. The molecule has 0 bridgehead atoms. The van der Waals surface area contributed by atoms with E-state index in [1.165, 1.54) is 12.1 Å². The van der Waals surface area contributed by atoms with Crippen LogP contribution in [-0.4, -0.2) is 16.0 Å². The standard InChI is InChI=1S/C17H16N4O4/c1-16-10-15(16)17(19-18-16,11-4-2-6-13(8-11)20(22)23)12-5-3-7-14(9-12)21(24)25/h2-9,15,22,24H,10H2,1H3/q-2. The second kappa shape index (κ2) is 5.24. The van der Waals surface area contributed by atoms with E-state index in [4.69, 9.17) is 0 Å². The van der Waals surface area contributed by atoms with Gasteiger partial charge in [0.2, 0.25) is 0 Å². The van der Waals surface area contributed by atoms with Crippen LogP contribution in [0.5, 0.6) is 0 Å². The van der Waals surface area contributed by atoms with Crippen LogP contribution in [0.3, 0.4) is 0 Å². The normalized spacial score (nSPS) is 25.6. The minimum atomic E-state index is -0.868. The molecular formula is C17H16N4O4-2. The van der Waals surface area contributed by atoms with Crippen LogP contribution < -0.4 is 10.5 Å². The molecule has 2 aromatic rings. The van der Waals surface area contributed by atoms with Gasteiger partial charge in [0.25, 0.3) is 0 Å². The fraction of sp³-hybridized carbons (Fsp3) is 0.294. The minimum absolute atomic E-state index is 0.0723. The van der Waals surface area contributed by atoms with Gasteiger partial charge in [-0.05, 0) is 48.7 Å². The smallest absolute Gasteiger partial charge is 0.137 e. The zero-order valence-electron chi connectivity index (χ0n) is 13.4. The first kappa shape index (κ1) is 16.0. The number of rotatable bonds is 4. The van der Waals surface area contributed by atoms with Crippen LogP contribution in [0.25, 0.3) is 0 Å². The summed E-state index contributed by atoms with van der Waals surface area (Å²) in [6.07, 6.45) is 0.825. The first-order valence-corrected chi connectivity index (χ1v) is 7.84. The monoisotopic (exact) mass is 340 g/mol. The topological polar surface area (TPSA) is 118 Å². The molecule has 0 radical (unpaired) electrons. The molecule has 130 valence electrons. The molecule has 4 rings (SSSR count). The van der Waals surface area contributed by atoms with Crippen molar-refractivity contribution < 1.29 is 10.4 Å². The van der Waals surface area contributed by atoms with Crippen LogP contribution in [0, 0.1) is 16.3 Å². The van der Waals surface area contributed by atoms with Gasteiger partial charge in [-0.1, -0.05) is 24.3 Å². The summed E-state index contributed by atoms with van der Waals surface area (Å²) in [7, 11) is 0. The number of nitrogens with zero attached hydrogens (tertiary/aromatic N) is 4. The first-order chi connectivity index (χ1) is 11.9. The number of anilines is 2. The summed E-state index contributed by atoms with van der Waals surface area (Å²) in [6.45, 7) is 2.01. The Hall–Kier alpha value is -2.52. The molecule has 1 fully saturated rings. The molecule has 1 aliphatic heterocycles. The number of hydrogen-bond acceptors (Lipinski definition) is 8. The van der Waals surface area contributed by atoms with E-state index in [9.17, 15) is 20.8 Å². The van der Waals surface area contributed by atoms with E-state index in [2.05, 4.69) is 10.2 Å². The second-order valence-electron chi connectivity index (χ2n) is 6.73. The van der Waals surface area contributed by atoms with Gasteiger partial charge < -0.3 is 20.9 Å². The summed E-state index contributed by atoms with van der Waals surface area (Å²) < 4.78 is 0. The Bertz CT molecular complexity index is 803. The SMILES string of the molecule is CC12CC1C(c1cccc(N([O-])O)c1)(c1cccc(N([O-])O)c1)N=N2. The van der Waals surface area contributed by atoms with Crippen molar-refractivity contribution in [3.63, 3.8) is 0 Å². The van der Waals surface area contributed by atoms with Gasteiger partial charge in [0, 0.05) is 5.92 Å². The van der Waals surface area contributed by atoms with Crippen LogP contribution in [0.1, 0.15) is 24.5 Å². The van der Waals surface area contributed by atoms with Gasteiger partial charge in [-0.3, -0.25) is 10.4 Å². The van der Waals surface area contributed by atoms with Crippen molar-refractivity contribution in [2.45, 2.75) is 24.4 Å². The third kappa shape index (κ3) is 2.30. The number of benzene rings is 2. The molecule has 2 N–H and O–H groups in total. The molecule has 8 heteroatoms. The maximum absolute atomic E-state index is 11.3. The van der Waals surface area contributed by atoms with Crippen LogP contribution in [-0.2, 0) is 5.54 Å². The van der Waals surface area contributed by atoms with Crippen molar-refractivity contribution >= 4 is 11.4 Å². The fourth-order valence-electron chi connectivity index (χ4n) is 3.73. The number of hydrogen-bond donors (Lipinski definition) is 2. The molecule has 2 unspecified atom stereocenters. The van der Waals surface area contributed by atoms with Crippen LogP contribution in [0.15, 0.2) is 58.8 Å². The highest BCUT2D eigenvalue weighted by molar-refractivity contribution is 5.57. The Kier molecular flexibility index (Phi) is 3.35. The van der Waals surface area contributed by atoms with E-state index in [-0.39, 0.29) is 33.3 Å². The van der Waals surface area contributed by atoms with Crippen LogP contribution >= 0.6 is 0 Å². The Morgan fingerprint density at radius 2 is 1.48 bits per heavy atom. The van der Waals surface area contributed by atoms with Gasteiger partial charge in [0.15, 0.2) is 0 Å². The lowest BCUT2D eigenvalue weighted by molar-refractivity contribution is 0.296. The molecule has 1 aliphatic carbocycles.